The normalized spacial score (nSPS) is 12.1. The minimum atomic E-state index is -0.426. The van der Waals surface area contributed by atoms with Crippen LogP contribution in [0.4, 0.5) is 11.4 Å². The molecule has 3 aromatic carbocycles. The molecule has 1 N–H and O–H groups in total. The number of thiazole rings is 1. The third kappa shape index (κ3) is 4.23. The predicted molar refractivity (Wildman–Crippen MR) is 140 cm³/mol. The zero-order chi connectivity index (χ0) is 23.7. The molecule has 0 aliphatic heterocycles. The number of hydrogen-bond donors (Lipinski definition) is 1. The molecule has 5 rings (SSSR count). The summed E-state index contributed by atoms with van der Waals surface area (Å²) in [6.07, 6.45) is 1.81. The Balaban J connectivity index is 1.71. The van der Waals surface area contributed by atoms with Gasteiger partial charge in [-0.1, -0.05) is 58.4 Å². The molecule has 7 nitrogen and oxygen atoms in total. The smallest absolute Gasteiger partial charge is 0.294 e. The first-order chi connectivity index (χ1) is 16.5. The molecule has 0 aliphatic rings. The number of H-pyrrole nitrogens is 1. The Labute approximate surface area is 207 Å². The van der Waals surface area contributed by atoms with Crippen LogP contribution in [0.3, 0.4) is 0 Å². The van der Waals surface area contributed by atoms with Gasteiger partial charge in [-0.15, -0.1) is 11.3 Å². The molecule has 0 aliphatic carbocycles. The lowest BCUT2D eigenvalue weighted by atomic mass is 10.1. The average Bonchev–Trinajstić information content (AvgIpc) is 3.37. The Kier molecular flexibility index (Phi) is 5.95. The first-order valence-corrected chi connectivity index (χ1v) is 12.0. The van der Waals surface area contributed by atoms with Crippen LogP contribution in [0, 0.1) is 17.0 Å². The maximum Gasteiger partial charge on any atom is 0.294 e. The van der Waals surface area contributed by atoms with Gasteiger partial charge in [-0.3, -0.25) is 10.1 Å². The molecule has 0 saturated heterocycles. The number of aromatic amines is 1. The molecule has 34 heavy (non-hydrogen) atoms. The minimum absolute atomic E-state index is 0.0529. The lowest BCUT2D eigenvalue weighted by Gasteiger charge is -2.04. The second-order valence-corrected chi connectivity index (χ2v) is 9.29. The highest BCUT2D eigenvalue weighted by Crippen LogP contribution is 2.28. The predicted octanol–water partition coefficient (Wildman–Crippen LogP) is 6.79. The van der Waals surface area contributed by atoms with E-state index in [-0.39, 0.29) is 11.4 Å². The summed E-state index contributed by atoms with van der Waals surface area (Å²) in [6, 6.07) is 22.4. The molecular formula is C25H18BrN5O2S. The van der Waals surface area contributed by atoms with Crippen molar-refractivity contribution >= 4 is 55.8 Å². The van der Waals surface area contributed by atoms with Gasteiger partial charge < -0.3 is 4.98 Å². The van der Waals surface area contributed by atoms with Gasteiger partial charge in [0.1, 0.15) is 5.69 Å². The molecule has 9 heteroatoms. The van der Waals surface area contributed by atoms with Crippen molar-refractivity contribution in [3.05, 3.63) is 109 Å². The standard InChI is InChI=1S/C25H18BrN5O2S/c1-16-20(19-9-2-3-10-21(19)28-16)14-27-30-24(17-7-6-8-18(26)13-17)15-34-25(30)29-22-11-4-5-12-23(22)31(32)33/h2-15,28H,1H3. The maximum atomic E-state index is 11.5. The van der Waals surface area contributed by atoms with E-state index in [4.69, 9.17) is 5.10 Å². The third-order valence-corrected chi connectivity index (χ3v) is 6.66. The van der Waals surface area contributed by atoms with Crippen molar-refractivity contribution < 1.29 is 4.92 Å². The van der Waals surface area contributed by atoms with Crippen LogP contribution in [-0.4, -0.2) is 20.8 Å². The number of fused-ring (bicyclic) bond motifs is 1. The fraction of sp³-hybridized carbons (Fsp3) is 0.0400. The van der Waals surface area contributed by atoms with Gasteiger partial charge in [0, 0.05) is 43.6 Å². The molecule has 0 fully saturated rings. The van der Waals surface area contributed by atoms with Gasteiger partial charge in [-0.05, 0) is 31.2 Å². The van der Waals surface area contributed by atoms with Crippen LogP contribution < -0.4 is 4.80 Å². The molecule has 5 aromatic rings. The van der Waals surface area contributed by atoms with Crippen molar-refractivity contribution in [2.24, 2.45) is 10.1 Å². The lowest BCUT2D eigenvalue weighted by Crippen LogP contribution is -2.12. The summed E-state index contributed by atoms with van der Waals surface area (Å²) in [5.74, 6) is 0. The fourth-order valence-electron chi connectivity index (χ4n) is 3.73. The Bertz CT molecular complexity index is 1630. The van der Waals surface area contributed by atoms with E-state index in [9.17, 15) is 10.1 Å². The van der Waals surface area contributed by atoms with Crippen LogP contribution in [0.25, 0.3) is 22.2 Å². The first-order valence-electron chi connectivity index (χ1n) is 10.4. The fourth-order valence-corrected chi connectivity index (χ4v) is 4.98. The Hall–Kier alpha value is -3.82. The second kappa shape index (κ2) is 9.20. The zero-order valence-corrected chi connectivity index (χ0v) is 20.4. The van der Waals surface area contributed by atoms with Gasteiger partial charge in [0.25, 0.3) is 5.69 Å². The van der Waals surface area contributed by atoms with Crippen molar-refractivity contribution in [3.63, 3.8) is 0 Å². The monoisotopic (exact) mass is 531 g/mol. The van der Waals surface area contributed by atoms with Crippen LogP contribution in [-0.2, 0) is 0 Å². The topological polar surface area (TPSA) is 88.6 Å². The van der Waals surface area contributed by atoms with Crippen LogP contribution in [0.5, 0.6) is 0 Å². The van der Waals surface area contributed by atoms with Crippen molar-refractivity contribution in [2.75, 3.05) is 0 Å². The van der Waals surface area contributed by atoms with Crippen molar-refractivity contribution in [1.29, 1.82) is 0 Å². The Morgan fingerprint density at radius 3 is 2.71 bits per heavy atom. The van der Waals surface area contributed by atoms with E-state index in [1.165, 1.54) is 17.4 Å². The van der Waals surface area contributed by atoms with Crippen LogP contribution in [0.1, 0.15) is 11.3 Å². The summed E-state index contributed by atoms with van der Waals surface area (Å²) in [6.45, 7) is 2.01. The number of para-hydroxylation sites is 3. The van der Waals surface area contributed by atoms with Gasteiger partial charge in [0.2, 0.25) is 4.80 Å². The highest BCUT2D eigenvalue weighted by Gasteiger charge is 2.14. The van der Waals surface area contributed by atoms with Crippen molar-refractivity contribution in [3.8, 4) is 11.3 Å². The molecule has 0 saturated carbocycles. The quantitative estimate of drug-likeness (QED) is 0.153. The second-order valence-electron chi connectivity index (χ2n) is 7.54. The highest BCUT2D eigenvalue weighted by molar-refractivity contribution is 9.10. The summed E-state index contributed by atoms with van der Waals surface area (Å²) in [7, 11) is 0. The molecule has 0 spiro atoms. The third-order valence-electron chi connectivity index (χ3n) is 5.35. The molecule has 2 aromatic heterocycles. The van der Waals surface area contributed by atoms with E-state index in [0.29, 0.717) is 4.80 Å². The van der Waals surface area contributed by atoms with Crippen LogP contribution in [0.15, 0.2) is 92.7 Å². The number of nitrogens with one attached hydrogen (secondary N) is 1. The molecule has 0 radical (unpaired) electrons. The summed E-state index contributed by atoms with van der Waals surface area (Å²) >= 11 is 4.90. The molecular weight excluding hydrogens is 514 g/mol. The largest absolute Gasteiger partial charge is 0.358 e. The number of benzene rings is 3. The molecule has 0 bridgehead atoms. The zero-order valence-electron chi connectivity index (χ0n) is 18.0. The Morgan fingerprint density at radius 2 is 1.88 bits per heavy atom. The number of aromatic nitrogens is 2. The lowest BCUT2D eigenvalue weighted by molar-refractivity contribution is -0.384. The summed E-state index contributed by atoms with van der Waals surface area (Å²) in [5.41, 5.74) is 5.02. The van der Waals surface area contributed by atoms with E-state index in [0.717, 1.165) is 37.9 Å². The first kappa shape index (κ1) is 22.0. The molecule has 0 amide bonds. The Morgan fingerprint density at radius 1 is 1.09 bits per heavy atom. The van der Waals surface area contributed by atoms with Crippen molar-refractivity contribution in [1.82, 2.24) is 9.66 Å². The van der Waals surface area contributed by atoms with Crippen LogP contribution in [0.2, 0.25) is 0 Å². The van der Waals surface area contributed by atoms with Gasteiger partial charge in [-0.25, -0.2) is 9.67 Å². The molecule has 0 atom stereocenters. The number of hydrogen-bond acceptors (Lipinski definition) is 5. The number of nitro groups is 1. The summed E-state index contributed by atoms with van der Waals surface area (Å²) in [4.78, 5) is 19.6. The van der Waals surface area contributed by atoms with E-state index >= 15 is 0 Å². The van der Waals surface area contributed by atoms with Gasteiger partial charge >= 0.3 is 0 Å². The SMILES string of the molecule is Cc1[nH]c2ccccc2c1C=Nn1c(-c2cccc(Br)c2)csc1=Nc1ccccc1[N+](=O)[O-]. The number of nitrogens with zero attached hydrogens (tertiary/aromatic N) is 4. The van der Waals surface area contributed by atoms with Crippen molar-refractivity contribution in [2.45, 2.75) is 6.92 Å². The number of halogens is 1. The molecule has 2 heterocycles. The highest BCUT2D eigenvalue weighted by atomic mass is 79.9. The number of aryl methyl sites for hydroxylation is 1. The van der Waals surface area contributed by atoms with E-state index in [2.05, 4.69) is 25.9 Å². The summed E-state index contributed by atoms with van der Waals surface area (Å²) in [5, 5.41) is 19.3. The van der Waals surface area contributed by atoms with Gasteiger partial charge in [0.15, 0.2) is 0 Å². The molecule has 0 unspecified atom stereocenters. The molecule has 168 valence electrons. The number of nitro benzene ring substituents is 1. The summed E-state index contributed by atoms with van der Waals surface area (Å²) < 4.78 is 2.67. The minimum Gasteiger partial charge on any atom is -0.358 e. The average molecular weight is 532 g/mol. The van der Waals surface area contributed by atoms with Gasteiger partial charge in [-0.2, -0.15) is 5.10 Å². The van der Waals surface area contributed by atoms with Crippen LogP contribution >= 0.6 is 27.3 Å². The maximum absolute atomic E-state index is 11.5. The van der Waals surface area contributed by atoms with E-state index < -0.39 is 4.92 Å². The van der Waals surface area contributed by atoms with E-state index in [1.54, 1.807) is 29.1 Å². The number of rotatable bonds is 5. The van der Waals surface area contributed by atoms with E-state index in [1.807, 2.05) is 60.8 Å². The van der Waals surface area contributed by atoms with Gasteiger partial charge in [0.05, 0.1) is 16.8 Å².